The number of hydrogen-bond acceptors (Lipinski definition) is 3. The van der Waals surface area contributed by atoms with Crippen molar-refractivity contribution in [3.63, 3.8) is 0 Å². The van der Waals surface area contributed by atoms with Gasteiger partial charge in [0.25, 0.3) is 5.91 Å². The van der Waals surface area contributed by atoms with Crippen LogP contribution in [0.25, 0.3) is 10.9 Å². The van der Waals surface area contributed by atoms with Crippen molar-refractivity contribution < 1.29 is 4.79 Å². The van der Waals surface area contributed by atoms with Crippen LogP contribution in [-0.4, -0.2) is 16.9 Å². The molecule has 2 N–H and O–H groups in total. The summed E-state index contributed by atoms with van der Waals surface area (Å²) in [5.74, 6) is 1.81. The zero-order chi connectivity index (χ0) is 20.4. The second-order valence-electron chi connectivity index (χ2n) is 8.36. The second-order valence-corrected chi connectivity index (χ2v) is 8.36. The first-order chi connectivity index (χ1) is 14.0. The van der Waals surface area contributed by atoms with Gasteiger partial charge in [-0.15, -0.1) is 0 Å². The first-order valence-electron chi connectivity index (χ1n) is 10.6. The lowest BCUT2D eigenvalue weighted by Crippen LogP contribution is -2.43. The van der Waals surface area contributed by atoms with E-state index in [1.807, 2.05) is 48.5 Å². The molecule has 0 spiro atoms. The lowest BCUT2D eigenvalue weighted by atomic mass is 9.78. The Morgan fingerprint density at radius 3 is 2.62 bits per heavy atom. The van der Waals surface area contributed by atoms with Gasteiger partial charge in [0.05, 0.1) is 11.1 Å². The summed E-state index contributed by atoms with van der Waals surface area (Å²) < 4.78 is 0. The predicted octanol–water partition coefficient (Wildman–Crippen LogP) is 5.84. The maximum absolute atomic E-state index is 13.3. The summed E-state index contributed by atoms with van der Waals surface area (Å²) in [4.78, 5) is 18.0. The predicted molar refractivity (Wildman–Crippen MR) is 120 cm³/mol. The number of para-hydroxylation sites is 2. The Bertz CT molecular complexity index is 1030. The molecule has 0 radical (unpaired) electrons. The fraction of sp³-hybridized carbons (Fsp3) is 0.360. The molecule has 1 aliphatic rings. The SMILES string of the molecule is Cc1ccccc1Nc1cc(C(=O)N[C@@H]2CCC[C@@H](C)[C@H]2C)c2ccccc2n1. The van der Waals surface area contributed by atoms with Crippen molar-refractivity contribution >= 4 is 28.3 Å². The number of benzene rings is 2. The number of pyridine rings is 1. The molecule has 1 saturated carbocycles. The van der Waals surface area contributed by atoms with E-state index in [2.05, 4.69) is 37.5 Å². The van der Waals surface area contributed by atoms with E-state index in [4.69, 9.17) is 4.98 Å². The lowest BCUT2D eigenvalue weighted by molar-refractivity contribution is 0.0892. The Morgan fingerprint density at radius 2 is 1.79 bits per heavy atom. The number of hydrogen-bond donors (Lipinski definition) is 2. The largest absolute Gasteiger partial charge is 0.349 e. The van der Waals surface area contributed by atoms with Gasteiger partial charge in [0, 0.05) is 17.1 Å². The number of aromatic nitrogens is 1. The van der Waals surface area contributed by atoms with Crippen LogP contribution in [0.3, 0.4) is 0 Å². The van der Waals surface area contributed by atoms with Crippen LogP contribution in [0.2, 0.25) is 0 Å². The maximum atomic E-state index is 13.3. The molecule has 4 nitrogen and oxygen atoms in total. The number of rotatable bonds is 4. The summed E-state index contributed by atoms with van der Waals surface area (Å²) in [7, 11) is 0. The zero-order valence-corrected chi connectivity index (χ0v) is 17.4. The number of carbonyl (C=O) groups is 1. The van der Waals surface area contributed by atoms with Gasteiger partial charge in [-0.2, -0.15) is 0 Å². The van der Waals surface area contributed by atoms with Gasteiger partial charge in [0.1, 0.15) is 5.82 Å². The summed E-state index contributed by atoms with van der Waals surface area (Å²) in [6, 6.07) is 18.0. The first kappa shape index (κ1) is 19.4. The van der Waals surface area contributed by atoms with E-state index in [0.717, 1.165) is 28.6 Å². The van der Waals surface area contributed by atoms with E-state index < -0.39 is 0 Å². The first-order valence-corrected chi connectivity index (χ1v) is 10.6. The third-order valence-electron chi connectivity index (χ3n) is 6.39. The fourth-order valence-corrected chi connectivity index (χ4v) is 4.31. The van der Waals surface area contributed by atoms with Crippen LogP contribution in [0.15, 0.2) is 54.6 Å². The third kappa shape index (κ3) is 4.12. The van der Waals surface area contributed by atoms with E-state index in [1.165, 1.54) is 12.8 Å². The van der Waals surface area contributed by atoms with Gasteiger partial charge in [-0.05, 0) is 48.9 Å². The van der Waals surface area contributed by atoms with Crippen molar-refractivity contribution in [2.75, 3.05) is 5.32 Å². The van der Waals surface area contributed by atoms with Gasteiger partial charge >= 0.3 is 0 Å². The quantitative estimate of drug-likeness (QED) is 0.591. The van der Waals surface area contributed by atoms with E-state index >= 15 is 0 Å². The number of nitrogens with one attached hydrogen (secondary N) is 2. The van der Waals surface area contributed by atoms with Crippen molar-refractivity contribution in [1.29, 1.82) is 0 Å². The van der Waals surface area contributed by atoms with Crippen molar-refractivity contribution in [3.05, 3.63) is 65.7 Å². The summed E-state index contributed by atoms with van der Waals surface area (Å²) in [6.45, 7) is 6.60. The molecular weight excluding hydrogens is 358 g/mol. The number of nitrogens with zero attached hydrogens (tertiary/aromatic N) is 1. The monoisotopic (exact) mass is 387 g/mol. The highest BCUT2D eigenvalue weighted by atomic mass is 16.1. The Morgan fingerprint density at radius 1 is 1.03 bits per heavy atom. The second kappa shape index (κ2) is 8.24. The smallest absolute Gasteiger partial charge is 0.252 e. The van der Waals surface area contributed by atoms with E-state index in [1.54, 1.807) is 0 Å². The Kier molecular flexibility index (Phi) is 5.52. The molecule has 1 fully saturated rings. The minimum atomic E-state index is -0.0117. The molecule has 29 heavy (non-hydrogen) atoms. The van der Waals surface area contributed by atoms with Gasteiger partial charge in [0.15, 0.2) is 0 Å². The summed E-state index contributed by atoms with van der Waals surface area (Å²) in [6.07, 6.45) is 3.47. The molecule has 1 amide bonds. The van der Waals surface area contributed by atoms with Gasteiger partial charge < -0.3 is 10.6 Å². The minimum Gasteiger partial charge on any atom is -0.349 e. The number of aryl methyl sites for hydroxylation is 1. The molecule has 4 heteroatoms. The van der Waals surface area contributed by atoms with Gasteiger partial charge in [-0.1, -0.05) is 63.1 Å². The van der Waals surface area contributed by atoms with Crippen LogP contribution in [0, 0.1) is 18.8 Å². The van der Waals surface area contributed by atoms with Crippen LogP contribution in [-0.2, 0) is 0 Å². The third-order valence-corrected chi connectivity index (χ3v) is 6.39. The van der Waals surface area contributed by atoms with Crippen LogP contribution < -0.4 is 10.6 Å². The van der Waals surface area contributed by atoms with E-state index in [-0.39, 0.29) is 11.9 Å². The van der Waals surface area contributed by atoms with E-state index in [0.29, 0.717) is 23.2 Å². The number of anilines is 2. The molecule has 1 aromatic heterocycles. The molecule has 1 heterocycles. The van der Waals surface area contributed by atoms with Crippen LogP contribution >= 0.6 is 0 Å². The molecule has 3 atom stereocenters. The van der Waals surface area contributed by atoms with Crippen LogP contribution in [0.4, 0.5) is 11.5 Å². The molecule has 4 rings (SSSR count). The summed E-state index contributed by atoms with van der Waals surface area (Å²) in [5.41, 5.74) is 3.63. The van der Waals surface area contributed by atoms with Crippen LogP contribution in [0.5, 0.6) is 0 Å². The highest BCUT2D eigenvalue weighted by Crippen LogP contribution is 2.30. The minimum absolute atomic E-state index is 0.0117. The molecule has 1 aliphatic carbocycles. The summed E-state index contributed by atoms with van der Waals surface area (Å²) in [5, 5.41) is 7.59. The lowest BCUT2D eigenvalue weighted by Gasteiger charge is -2.34. The highest BCUT2D eigenvalue weighted by Gasteiger charge is 2.29. The average Bonchev–Trinajstić information content (AvgIpc) is 2.72. The topological polar surface area (TPSA) is 54.0 Å². The molecule has 0 aliphatic heterocycles. The van der Waals surface area contributed by atoms with Gasteiger partial charge in [-0.25, -0.2) is 4.98 Å². The molecule has 2 aromatic carbocycles. The zero-order valence-electron chi connectivity index (χ0n) is 17.4. The van der Waals surface area contributed by atoms with Crippen molar-refractivity contribution in [3.8, 4) is 0 Å². The average molecular weight is 388 g/mol. The standard InChI is InChI=1S/C25H29N3O/c1-16-10-8-14-22(18(16)3)28-25(29)20-15-24(26-21-12-6-4-9-17(21)2)27-23-13-7-5-11-19(20)23/h4-7,9,11-13,15-16,18,22H,8,10,14H2,1-3H3,(H,26,27)(H,28,29)/t16-,18-,22-/m1/s1. The Hall–Kier alpha value is -2.88. The summed E-state index contributed by atoms with van der Waals surface area (Å²) >= 11 is 0. The normalized spacial score (nSPS) is 21.7. The van der Waals surface area contributed by atoms with Crippen LogP contribution in [0.1, 0.15) is 49.0 Å². The molecular formula is C25H29N3O. The number of fused-ring (bicyclic) bond motifs is 1. The molecule has 0 bridgehead atoms. The molecule has 0 unspecified atom stereocenters. The van der Waals surface area contributed by atoms with Crippen molar-refractivity contribution in [2.45, 2.75) is 46.1 Å². The highest BCUT2D eigenvalue weighted by molar-refractivity contribution is 6.07. The number of amides is 1. The Balaban J connectivity index is 1.67. The van der Waals surface area contributed by atoms with Crippen molar-refractivity contribution in [2.24, 2.45) is 11.8 Å². The molecule has 150 valence electrons. The Labute approximate surface area is 172 Å². The molecule has 0 saturated heterocycles. The number of carbonyl (C=O) groups excluding carboxylic acids is 1. The van der Waals surface area contributed by atoms with Gasteiger partial charge in [-0.3, -0.25) is 4.79 Å². The fourth-order valence-electron chi connectivity index (χ4n) is 4.31. The van der Waals surface area contributed by atoms with Crippen molar-refractivity contribution in [1.82, 2.24) is 10.3 Å². The van der Waals surface area contributed by atoms with Gasteiger partial charge in [0.2, 0.25) is 0 Å². The molecule has 3 aromatic rings. The maximum Gasteiger partial charge on any atom is 0.252 e. The van der Waals surface area contributed by atoms with E-state index in [9.17, 15) is 4.79 Å².